The summed E-state index contributed by atoms with van der Waals surface area (Å²) in [6, 6.07) is 3.23. The molecule has 128 valence electrons. The van der Waals surface area contributed by atoms with Gasteiger partial charge in [-0.05, 0) is 63.3 Å². The number of hydrogen-bond donors (Lipinski definition) is 2. The van der Waals surface area contributed by atoms with Gasteiger partial charge in [-0.3, -0.25) is 9.59 Å². The number of nitrogens with two attached hydrogens (primary N) is 1. The molecule has 2 amide bonds. The number of unbranched alkanes of at least 4 members (excludes halogenated alkanes) is 2. The summed E-state index contributed by atoms with van der Waals surface area (Å²) in [5, 5.41) is 3.33. The summed E-state index contributed by atoms with van der Waals surface area (Å²) in [6.45, 7) is 6.08. The second kappa shape index (κ2) is 9.40. The lowest BCUT2D eigenvalue weighted by Gasteiger charge is -2.11. The molecule has 23 heavy (non-hydrogen) atoms. The van der Waals surface area contributed by atoms with Crippen molar-refractivity contribution in [1.29, 1.82) is 0 Å². The minimum Gasteiger partial charge on any atom is -0.494 e. The number of rotatable bonds is 9. The standard InChI is InChI=1S/C17H25ClN2O3/c1-11-9-14(10-12(2)16(11)18)23-8-6-4-5-7-15(21)20-13(3)17(19)22/h9-10,13H,4-8H2,1-3H3,(H2,19,22)(H,20,21). The van der Waals surface area contributed by atoms with E-state index in [1.54, 1.807) is 6.92 Å². The normalized spacial score (nSPS) is 11.8. The number of halogens is 1. The van der Waals surface area contributed by atoms with Crippen molar-refractivity contribution in [2.24, 2.45) is 5.73 Å². The molecule has 1 atom stereocenters. The summed E-state index contributed by atoms with van der Waals surface area (Å²) in [6.07, 6.45) is 2.87. The van der Waals surface area contributed by atoms with Crippen LogP contribution in [0.15, 0.2) is 12.1 Å². The van der Waals surface area contributed by atoms with E-state index in [0.29, 0.717) is 13.0 Å². The molecule has 0 fully saturated rings. The number of primary amides is 1. The monoisotopic (exact) mass is 340 g/mol. The lowest BCUT2D eigenvalue weighted by atomic mass is 10.1. The van der Waals surface area contributed by atoms with Gasteiger partial charge in [0.25, 0.3) is 0 Å². The van der Waals surface area contributed by atoms with Gasteiger partial charge in [0.1, 0.15) is 11.8 Å². The van der Waals surface area contributed by atoms with Crippen LogP contribution in [0.2, 0.25) is 5.02 Å². The molecule has 0 aliphatic carbocycles. The van der Waals surface area contributed by atoms with Crippen molar-refractivity contribution in [2.75, 3.05) is 6.61 Å². The molecule has 0 aliphatic heterocycles. The number of amides is 2. The smallest absolute Gasteiger partial charge is 0.239 e. The maximum atomic E-state index is 11.6. The highest BCUT2D eigenvalue weighted by Gasteiger charge is 2.11. The zero-order valence-electron chi connectivity index (χ0n) is 13.9. The van der Waals surface area contributed by atoms with Crippen LogP contribution >= 0.6 is 11.6 Å². The van der Waals surface area contributed by atoms with Crippen LogP contribution in [0.1, 0.15) is 43.7 Å². The Morgan fingerprint density at radius 3 is 2.39 bits per heavy atom. The maximum Gasteiger partial charge on any atom is 0.239 e. The van der Waals surface area contributed by atoms with Crippen LogP contribution in [-0.4, -0.2) is 24.5 Å². The molecule has 3 N–H and O–H groups in total. The van der Waals surface area contributed by atoms with Gasteiger partial charge < -0.3 is 15.8 Å². The number of benzene rings is 1. The second-order valence-electron chi connectivity index (χ2n) is 5.72. The highest BCUT2D eigenvalue weighted by Crippen LogP contribution is 2.25. The Morgan fingerprint density at radius 1 is 1.22 bits per heavy atom. The first-order valence-corrected chi connectivity index (χ1v) is 8.17. The molecule has 1 unspecified atom stereocenters. The van der Waals surface area contributed by atoms with Crippen LogP contribution in [0.4, 0.5) is 0 Å². The average Bonchev–Trinajstić information content (AvgIpc) is 2.47. The summed E-state index contributed by atoms with van der Waals surface area (Å²) >= 11 is 6.11. The van der Waals surface area contributed by atoms with Gasteiger partial charge in [-0.15, -0.1) is 0 Å². The SMILES string of the molecule is Cc1cc(OCCCCCC(=O)NC(C)C(N)=O)cc(C)c1Cl. The van der Waals surface area contributed by atoms with Gasteiger partial charge in [0.2, 0.25) is 11.8 Å². The molecule has 0 heterocycles. The van der Waals surface area contributed by atoms with E-state index in [4.69, 9.17) is 22.1 Å². The number of aryl methyl sites for hydroxylation is 2. The van der Waals surface area contributed by atoms with Crippen LogP contribution in [-0.2, 0) is 9.59 Å². The summed E-state index contributed by atoms with van der Waals surface area (Å²) < 4.78 is 5.71. The Kier molecular flexibility index (Phi) is 7.89. The first kappa shape index (κ1) is 19.3. The van der Waals surface area contributed by atoms with E-state index in [1.165, 1.54) is 0 Å². The minimum absolute atomic E-state index is 0.152. The third-order valence-electron chi connectivity index (χ3n) is 3.53. The van der Waals surface area contributed by atoms with Crippen LogP contribution in [0.3, 0.4) is 0 Å². The van der Waals surface area contributed by atoms with Crippen molar-refractivity contribution in [2.45, 2.75) is 52.5 Å². The highest BCUT2D eigenvalue weighted by molar-refractivity contribution is 6.32. The van der Waals surface area contributed by atoms with Crippen molar-refractivity contribution in [3.05, 3.63) is 28.3 Å². The Labute approximate surface area is 142 Å². The molecule has 1 rings (SSSR count). The molecule has 0 aromatic heterocycles. The largest absolute Gasteiger partial charge is 0.494 e. The van der Waals surface area contributed by atoms with Crippen molar-refractivity contribution >= 4 is 23.4 Å². The third kappa shape index (κ3) is 6.91. The van der Waals surface area contributed by atoms with Crippen molar-refractivity contribution in [3.8, 4) is 5.75 Å². The molecule has 1 aromatic carbocycles. The van der Waals surface area contributed by atoms with E-state index in [0.717, 1.165) is 41.2 Å². The van der Waals surface area contributed by atoms with Gasteiger partial charge >= 0.3 is 0 Å². The van der Waals surface area contributed by atoms with Crippen LogP contribution in [0.25, 0.3) is 0 Å². The minimum atomic E-state index is -0.623. The molecule has 0 saturated carbocycles. The van der Waals surface area contributed by atoms with Gasteiger partial charge in [-0.2, -0.15) is 0 Å². The lowest BCUT2D eigenvalue weighted by Crippen LogP contribution is -2.42. The van der Waals surface area contributed by atoms with Gasteiger partial charge in [0, 0.05) is 11.4 Å². The molecule has 0 spiro atoms. The molecule has 1 aromatic rings. The summed E-state index contributed by atoms with van der Waals surface area (Å²) in [4.78, 5) is 22.4. The zero-order chi connectivity index (χ0) is 17.4. The van der Waals surface area contributed by atoms with Crippen molar-refractivity contribution in [1.82, 2.24) is 5.32 Å². The topological polar surface area (TPSA) is 81.4 Å². The fraction of sp³-hybridized carbons (Fsp3) is 0.529. The fourth-order valence-corrected chi connectivity index (χ4v) is 2.24. The van der Waals surface area contributed by atoms with E-state index in [2.05, 4.69) is 5.32 Å². The first-order valence-electron chi connectivity index (χ1n) is 7.79. The zero-order valence-corrected chi connectivity index (χ0v) is 14.7. The maximum absolute atomic E-state index is 11.6. The number of nitrogens with one attached hydrogen (secondary N) is 1. The Morgan fingerprint density at radius 2 is 1.83 bits per heavy atom. The Balaban J connectivity index is 2.19. The predicted octanol–water partition coefficient (Wildman–Crippen LogP) is 2.89. The number of hydrogen-bond acceptors (Lipinski definition) is 3. The Hall–Kier alpha value is -1.75. The lowest BCUT2D eigenvalue weighted by molar-refractivity contribution is -0.127. The first-order chi connectivity index (χ1) is 10.8. The van der Waals surface area contributed by atoms with Gasteiger partial charge in [0.05, 0.1) is 6.61 Å². The fourth-order valence-electron chi connectivity index (χ4n) is 2.13. The van der Waals surface area contributed by atoms with E-state index < -0.39 is 11.9 Å². The molecule has 6 heteroatoms. The third-order valence-corrected chi connectivity index (χ3v) is 4.13. The number of carbonyl (C=O) groups is 2. The van der Waals surface area contributed by atoms with Gasteiger partial charge in [-0.1, -0.05) is 11.6 Å². The van der Waals surface area contributed by atoms with Crippen LogP contribution in [0, 0.1) is 13.8 Å². The van der Waals surface area contributed by atoms with Gasteiger partial charge in [0.15, 0.2) is 0 Å². The summed E-state index contributed by atoms with van der Waals surface area (Å²) in [5.41, 5.74) is 7.09. The molecule has 0 radical (unpaired) electrons. The summed E-state index contributed by atoms with van der Waals surface area (Å²) in [7, 11) is 0. The van der Waals surface area contributed by atoms with Gasteiger partial charge in [-0.25, -0.2) is 0 Å². The molecule has 0 saturated heterocycles. The van der Waals surface area contributed by atoms with E-state index >= 15 is 0 Å². The van der Waals surface area contributed by atoms with E-state index in [1.807, 2.05) is 26.0 Å². The molecule has 0 bridgehead atoms. The second-order valence-corrected chi connectivity index (χ2v) is 6.10. The van der Waals surface area contributed by atoms with Crippen LogP contribution in [0.5, 0.6) is 5.75 Å². The van der Waals surface area contributed by atoms with Crippen molar-refractivity contribution < 1.29 is 14.3 Å². The quantitative estimate of drug-likeness (QED) is 0.678. The van der Waals surface area contributed by atoms with Crippen molar-refractivity contribution in [3.63, 3.8) is 0 Å². The highest BCUT2D eigenvalue weighted by atomic mass is 35.5. The average molecular weight is 341 g/mol. The van der Waals surface area contributed by atoms with Crippen LogP contribution < -0.4 is 15.8 Å². The molecular weight excluding hydrogens is 316 g/mol. The Bertz CT molecular complexity index is 538. The number of carbonyl (C=O) groups excluding carboxylic acids is 2. The molecule has 5 nitrogen and oxygen atoms in total. The molecule has 0 aliphatic rings. The van der Waals surface area contributed by atoms with E-state index in [-0.39, 0.29) is 5.91 Å². The number of ether oxygens (including phenoxy) is 1. The summed E-state index contributed by atoms with van der Waals surface area (Å²) in [5.74, 6) is 0.138. The molecular formula is C17H25ClN2O3. The van der Waals surface area contributed by atoms with E-state index in [9.17, 15) is 9.59 Å². The predicted molar refractivity (Wildman–Crippen MR) is 91.7 cm³/mol.